The summed E-state index contributed by atoms with van der Waals surface area (Å²) in [4.78, 5) is 42.6. The quantitative estimate of drug-likeness (QED) is 0.0581. The van der Waals surface area contributed by atoms with Crippen molar-refractivity contribution in [3.8, 4) is 0 Å². The highest BCUT2D eigenvalue weighted by atomic mass is 16.2. The molecule has 0 fully saturated rings. The molecule has 0 aromatic carbocycles. The largest absolute Gasteiger partial charge is 0.356 e. The number of unbranched alkanes of at least 4 members (excludes halogenated alkanes) is 30. The van der Waals surface area contributed by atoms with Gasteiger partial charge in [0.05, 0.1) is 0 Å². The van der Waals surface area contributed by atoms with Crippen molar-refractivity contribution in [2.45, 2.75) is 238 Å². The number of nitrogens with zero attached hydrogens (tertiary/aromatic N) is 1. The SMILES string of the molecule is CCCCCCCCCCCCCCCCCCNC(=O)CC[C@H](NC(=O)c1ccncc1)C(=O)NCCCCCCCCCCCCCCCCCC. The molecule has 0 bridgehead atoms. The summed E-state index contributed by atoms with van der Waals surface area (Å²) >= 11 is 0. The van der Waals surface area contributed by atoms with Crippen LogP contribution in [0.2, 0.25) is 0 Å². The lowest BCUT2D eigenvalue weighted by molar-refractivity contribution is -0.124. The summed E-state index contributed by atoms with van der Waals surface area (Å²) in [6.45, 7) is 5.81. The van der Waals surface area contributed by atoms with Crippen molar-refractivity contribution in [2.24, 2.45) is 0 Å². The zero-order valence-corrected chi connectivity index (χ0v) is 35.5. The Morgan fingerprint density at radius 2 is 0.815 bits per heavy atom. The maximum absolute atomic E-state index is 13.1. The Hall–Kier alpha value is -2.44. The summed E-state index contributed by atoms with van der Waals surface area (Å²) in [5.74, 6) is -0.609. The van der Waals surface area contributed by atoms with Gasteiger partial charge in [0.15, 0.2) is 0 Å². The van der Waals surface area contributed by atoms with Crippen molar-refractivity contribution in [3.63, 3.8) is 0 Å². The van der Waals surface area contributed by atoms with Crippen molar-refractivity contribution in [2.75, 3.05) is 13.1 Å². The van der Waals surface area contributed by atoms with Gasteiger partial charge in [-0.25, -0.2) is 0 Å². The molecule has 54 heavy (non-hydrogen) atoms. The minimum atomic E-state index is -0.756. The monoisotopic (exact) mass is 755 g/mol. The summed E-state index contributed by atoms with van der Waals surface area (Å²) in [7, 11) is 0. The molecular weight excluding hydrogens is 669 g/mol. The number of amides is 3. The van der Waals surface area contributed by atoms with Gasteiger partial charge in [0.1, 0.15) is 6.04 Å². The second kappa shape index (κ2) is 38.8. The van der Waals surface area contributed by atoms with Crippen molar-refractivity contribution in [3.05, 3.63) is 30.1 Å². The first-order chi connectivity index (χ1) is 26.6. The molecule has 1 aromatic rings. The van der Waals surface area contributed by atoms with Gasteiger partial charge in [0.25, 0.3) is 5.91 Å². The summed E-state index contributed by atoms with van der Waals surface area (Å²) in [5.41, 5.74) is 0.452. The Kier molecular flexibility index (Phi) is 35.6. The van der Waals surface area contributed by atoms with Gasteiger partial charge in [-0.2, -0.15) is 0 Å². The van der Waals surface area contributed by atoms with Gasteiger partial charge in [0.2, 0.25) is 11.8 Å². The van der Waals surface area contributed by atoms with Crippen LogP contribution in [0, 0.1) is 0 Å². The molecule has 7 nitrogen and oxygen atoms in total. The van der Waals surface area contributed by atoms with Gasteiger partial charge in [-0.15, -0.1) is 0 Å². The number of hydrogen-bond acceptors (Lipinski definition) is 4. The van der Waals surface area contributed by atoms with Crippen LogP contribution in [0.25, 0.3) is 0 Å². The smallest absolute Gasteiger partial charge is 0.252 e. The van der Waals surface area contributed by atoms with Crippen LogP contribution in [0.5, 0.6) is 0 Å². The number of aromatic nitrogens is 1. The van der Waals surface area contributed by atoms with Crippen LogP contribution in [-0.4, -0.2) is 41.8 Å². The van der Waals surface area contributed by atoms with E-state index in [1.165, 1.54) is 180 Å². The summed E-state index contributed by atoms with van der Waals surface area (Å²) < 4.78 is 0. The Morgan fingerprint density at radius 3 is 1.19 bits per heavy atom. The summed E-state index contributed by atoms with van der Waals surface area (Å²) in [6.07, 6.45) is 45.8. The number of pyridine rings is 1. The fourth-order valence-electron chi connectivity index (χ4n) is 7.29. The van der Waals surface area contributed by atoms with Crippen molar-refractivity contribution < 1.29 is 14.4 Å². The zero-order chi connectivity index (χ0) is 39.0. The average molecular weight is 755 g/mol. The fourth-order valence-corrected chi connectivity index (χ4v) is 7.29. The number of nitrogens with one attached hydrogen (secondary N) is 3. The van der Waals surface area contributed by atoms with Crippen LogP contribution in [0.15, 0.2) is 24.5 Å². The van der Waals surface area contributed by atoms with E-state index >= 15 is 0 Å². The molecule has 1 aromatic heterocycles. The molecule has 1 heterocycles. The van der Waals surface area contributed by atoms with E-state index in [0.29, 0.717) is 18.7 Å². The van der Waals surface area contributed by atoms with Gasteiger partial charge < -0.3 is 16.0 Å². The fraction of sp³-hybridized carbons (Fsp3) is 0.830. The van der Waals surface area contributed by atoms with E-state index in [0.717, 1.165) is 25.7 Å². The number of carbonyl (C=O) groups excluding carboxylic acids is 3. The lowest BCUT2D eigenvalue weighted by Gasteiger charge is -2.18. The third-order valence-corrected chi connectivity index (χ3v) is 10.9. The van der Waals surface area contributed by atoms with E-state index in [4.69, 9.17) is 0 Å². The molecule has 312 valence electrons. The maximum atomic E-state index is 13.1. The lowest BCUT2D eigenvalue weighted by Crippen LogP contribution is -2.47. The number of rotatable bonds is 40. The normalized spacial score (nSPS) is 11.7. The minimum Gasteiger partial charge on any atom is -0.356 e. The molecule has 0 aliphatic heterocycles. The van der Waals surface area contributed by atoms with E-state index in [1.807, 2.05) is 0 Å². The molecule has 7 heteroatoms. The van der Waals surface area contributed by atoms with Crippen LogP contribution in [-0.2, 0) is 9.59 Å². The Morgan fingerprint density at radius 1 is 0.481 bits per heavy atom. The number of hydrogen-bond donors (Lipinski definition) is 3. The highest BCUT2D eigenvalue weighted by Gasteiger charge is 2.22. The van der Waals surface area contributed by atoms with Gasteiger partial charge in [0, 0.05) is 37.5 Å². The predicted molar refractivity (Wildman–Crippen MR) is 230 cm³/mol. The minimum absolute atomic E-state index is 0.0651. The molecule has 0 spiro atoms. The summed E-state index contributed by atoms with van der Waals surface area (Å²) in [5, 5.41) is 8.90. The Balaban J connectivity index is 2.14. The van der Waals surface area contributed by atoms with Crippen LogP contribution in [0.1, 0.15) is 243 Å². The first-order valence-corrected chi connectivity index (χ1v) is 23.3. The zero-order valence-electron chi connectivity index (χ0n) is 35.5. The molecule has 0 radical (unpaired) electrons. The molecular formula is C47H86N4O3. The molecule has 0 aliphatic rings. The second-order valence-electron chi connectivity index (χ2n) is 16.0. The second-order valence-corrected chi connectivity index (χ2v) is 16.0. The van der Waals surface area contributed by atoms with Crippen LogP contribution < -0.4 is 16.0 Å². The molecule has 3 N–H and O–H groups in total. The third kappa shape index (κ3) is 31.9. The van der Waals surface area contributed by atoms with E-state index in [1.54, 1.807) is 24.5 Å². The van der Waals surface area contributed by atoms with E-state index in [9.17, 15) is 14.4 Å². The molecule has 0 aliphatic carbocycles. The highest BCUT2D eigenvalue weighted by Crippen LogP contribution is 2.15. The van der Waals surface area contributed by atoms with Gasteiger partial charge >= 0.3 is 0 Å². The van der Waals surface area contributed by atoms with Crippen molar-refractivity contribution in [1.29, 1.82) is 0 Å². The Bertz CT molecular complexity index is 988. The van der Waals surface area contributed by atoms with E-state index in [2.05, 4.69) is 34.8 Å². The molecule has 0 saturated carbocycles. The third-order valence-electron chi connectivity index (χ3n) is 10.9. The standard InChI is InChI=1S/C47H86N4O3/c1-3-5-7-9-11-13-15-17-19-21-23-25-27-29-31-33-39-49-45(52)36-35-44(51-46(53)43-37-41-48-42-38-43)47(54)50-40-34-32-30-28-26-24-22-20-18-16-14-12-10-8-6-4-2/h37-38,41-42,44H,3-36,39-40H2,1-2H3,(H,49,52)(H,50,54)(H,51,53)/t44-/m0/s1. The Labute approximate surface area is 333 Å². The first kappa shape index (κ1) is 49.6. The molecule has 0 saturated heterocycles. The molecule has 1 rings (SSSR count). The molecule has 1 atom stereocenters. The first-order valence-electron chi connectivity index (χ1n) is 23.3. The number of carbonyl (C=O) groups is 3. The van der Waals surface area contributed by atoms with Crippen LogP contribution in [0.4, 0.5) is 0 Å². The van der Waals surface area contributed by atoms with Crippen molar-refractivity contribution in [1.82, 2.24) is 20.9 Å². The van der Waals surface area contributed by atoms with E-state index < -0.39 is 6.04 Å². The highest BCUT2D eigenvalue weighted by molar-refractivity contribution is 5.97. The van der Waals surface area contributed by atoms with Crippen LogP contribution >= 0.6 is 0 Å². The predicted octanol–water partition coefficient (Wildman–Crippen LogP) is 12.7. The van der Waals surface area contributed by atoms with Gasteiger partial charge in [-0.05, 0) is 31.4 Å². The van der Waals surface area contributed by atoms with Gasteiger partial charge in [-0.1, -0.05) is 206 Å². The summed E-state index contributed by atoms with van der Waals surface area (Å²) in [6, 6.07) is 2.50. The van der Waals surface area contributed by atoms with E-state index in [-0.39, 0.29) is 30.6 Å². The molecule has 3 amide bonds. The lowest BCUT2D eigenvalue weighted by atomic mass is 10.0. The van der Waals surface area contributed by atoms with Crippen LogP contribution in [0.3, 0.4) is 0 Å². The van der Waals surface area contributed by atoms with Gasteiger partial charge in [-0.3, -0.25) is 19.4 Å². The molecule has 0 unspecified atom stereocenters. The average Bonchev–Trinajstić information content (AvgIpc) is 3.19. The maximum Gasteiger partial charge on any atom is 0.252 e. The van der Waals surface area contributed by atoms with Crippen molar-refractivity contribution >= 4 is 17.7 Å². The topological polar surface area (TPSA) is 100 Å².